The monoisotopic (exact) mass is 243 g/mol. The number of nitrogens with one attached hydrogen (secondary N) is 1. The number of hydrogen-bond donors (Lipinski definition) is 1. The minimum atomic E-state index is 0.677. The molecule has 1 heteroatoms. The van der Waals surface area contributed by atoms with E-state index in [9.17, 15) is 0 Å². The van der Waals surface area contributed by atoms with Gasteiger partial charge in [0.05, 0.1) is 0 Å². The average molecular weight is 243 g/mol. The predicted octanol–water partition coefficient (Wildman–Crippen LogP) is 4.27. The lowest BCUT2D eigenvalue weighted by Gasteiger charge is -2.18. The zero-order valence-electron chi connectivity index (χ0n) is 11.3. The van der Waals surface area contributed by atoms with Crippen LogP contribution in [-0.2, 0) is 0 Å². The molecule has 1 saturated carbocycles. The Bertz CT molecular complexity index is 340. The third-order valence-electron chi connectivity index (χ3n) is 3.71. The normalized spacial score (nSPS) is 16.4. The molecule has 0 aliphatic heterocycles. The zero-order valence-corrected chi connectivity index (χ0v) is 11.3. The summed E-state index contributed by atoms with van der Waals surface area (Å²) in [6, 6.07) is 11.8. The molecule has 0 saturated heterocycles. The Balaban J connectivity index is 1.82. The zero-order chi connectivity index (χ0) is 12.6. The van der Waals surface area contributed by atoms with E-state index in [2.05, 4.69) is 42.2 Å². The lowest BCUT2D eigenvalue weighted by atomic mass is 9.93. The largest absolute Gasteiger partial charge is 0.313 e. The van der Waals surface area contributed by atoms with Gasteiger partial charge in [-0.1, -0.05) is 42.8 Å². The topological polar surface area (TPSA) is 12.0 Å². The third kappa shape index (κ3) is 4.66. The second kappa shape index (κ2) is 7.38. The van der Waals surface area contributed by atoms with Crippen molar-refractivity contribution in [2.45, 2.75) is 50.5 Å². The van der Waals surface area contributed by atoms with Crippen molar-refractivity contribution in [3.05, 3.63) is 48.6 Å². The average Bonchev–Trinajstić information content (AvgIpc) is 3.23. The second-order valence-electron chi connectivity index (χ2n) is 5.36. The van der Waals surface area contributed by atoms with E-state index in [1.807, 2.05) is 6.08 Å². The summed E-state index contributed by atoms with van der Waals surface area (Å²) in [4.78, 5) is 0. The lowest BCUT2D eigenvalue weighted by Crippen LogP contribution is -2.23. The maximum Gasteiger partial charge on any atom is 0.00684 e. The molecular formula is C17H25N. The summed E-state index contributed by atoms with van der Waals surface area (Å²) in [6.07, 6.45) is 9.79. The van der Waals surface area contributed by atoms with Gasteiger partial charge in [0.1, 0.15) is 0 Å². The number of unbranched alkanes of at least 4 members (excludes halogenated alkanes) is 2. The molecule has 0 heterocycles. The van der Waals surface area contributed by atoms with E-state index < -0.39 is 0 Å². The van der Waals surface area contributed by atoms with Crippen molar-refractivity contribution in [2.75, 3.05) is 6.54 Å². The number of allylic oxidation sites excluding steroid dienone is 1. The molecule has 0 radical (unpaired) electrons. The van der Waals surface area contributed by atoms with Gasteiger partial charge in [0, 0.05) is 12.6 Å². The highest BCUT2D eigenvalue weighted by Crippen LogP contribution is 2.24. The van der Waals surface area contributed by atoms with Gasteiger partial charge in [0.15, 0.2) is 0 Å². The predicted molar refractivity (Wildman–Crippen MR) is 78.9 cm³/mol. The van der Waals surface area contributed by atoms with E-state index in [0.29, 0.717) is 5.92 Å². The van der Waals surface area contributed by atoms with E-state index in [-0.39, 0.29) is 0 Å². The van der Waals surface area contributed by atoms with Gasteiger partial charge in [-0.25, -0.2) is 0 Å². The van der Waals surface area contributed by atoms with Crippen molar-refractivity contribution in [1.82, 2.24) is 5.32 Å². The van der Waals surface area contributed by atoms with Crippen LogP contribution in [0, 0.1) is 0 Å². The van der Waals surface area contributed by atoms with Crippen LogP contribution >= 0.6 is 0 Å². The molecule has 0 bridgehead atoms. The van der Waals surface area contributed by atoms with Crippen molar-refractivity contribution in [3.8, 4) is 0 Å². The SMILES string of the molecule is C=CCCCCC(CNC1CC1)c1ccccc1. The van der Waals surface area contributed by atoms with Crippen molar-refractivity contribution in [1.29, 1.82) is 0 Å². The van der Waals surface area contributed by atoms with Crippen LogP contribution in [0.4, 0.5) is 0 Å². The summed E-state index contributed by atoms with van der Waals surface area (Å²) in [5.41, 5.74) is 1.49. The Morgan fingerprint density at radius 3 is 2.67 bits per heavy atom. The van der Waals surface area contributed by atoms with Crippen LogP contribution in [0.2, 0.25) is 0 Å². The fraction of sp³-hybridized carbons (Fsp3) is 0.529. The highest BCUT2D eigenvalue weighted by molar-refractivity contribution is 5.20. The van der Waals surface area contributed by atoms with Crippen molar-refractivity contribution < 1.29 is 0 Å². The van der Waals surface area contributed by atoms with Crippen LogP contribution < -0.4 is 5.32 Å². The Hall–Kier alpha value is -1.08. The van der Waals surface area contributed by atoms with Crippen molar-refractivity contribution >= 4 is 0 Å². The first-order valence-electron chi connectivity index (χ1n) is 7.29. The fourth-order valence-electron chi connectivity index (χ4n) is 2.39. The molecule has 0 amide bonds. The maximum atomic E-state index is 3.79. The highest BCUT2D eigenvalue weighted by Gasteiger charge is 2.22. The highest BCUT2D eigenvalue weighted by atomic mass is 14.9. The standard InChI is InChI=1S/C17H25N/c1-2-3-4-6-11-16(14-18-17-12-13-17)15-9-7-5-8-10-15/h2,5,7-10,16-18H,1,3-4,6,11-14H2. The molecule has 1 unspecified atom stereocenters. The van der Waals surface area contributed by atoms with Crippen molar-refractivity contribution in [2.24, 2.45) is 0 Å². The van der Waals surface area contributed by atoms with Crippen LogP contribution in [0.3, 0.4) is 0 Å². The summed E-state index contributed by atoms with van der Waals surface area (Å²) < 4.78 is 0. The minimum Gasteiger partial charge on any atom is -0.313 e. The molecule has 1 nitrogen and oxygen atoms in total. The summed E-state index contributed by atoms with van der Waals surface area (Å²) in [7, 11) is 0. The first kappa shape index (κ1) is 13.4. The van der Waals surface area contributed by atoms with Crippen LogP contribution in [0.5, 0.6) is 0 Å². The summed E-state index contributed by atoms with van der Waals surface area (Å²) in [5, 5.41) is 3.68. The quantitative estimate of drug-likeness (QED) is 0.504. The maximum absolute atomic E-state index is 3.79. The Labute approximate surface area is 111 Å². The van der Waals surface area contributed by atoms with Crippen molar-refractivity contribution in [3.63, 3.8) is 0 Å². The lowest BCUT2D eigenvalue weighted by molar-refractivity contribution is 0.522. The van der Waals surface area contributed by atoms with Gasteiger partial charge in [-0.2, -0.15) is 0 Å². The van der Waals surface area contributed by atoms with E-state index in [1.165, 1.54) is 37.7 Å². The van der Waals surface area contributed by atoms with Gasteiger partial charge in [0.25, 0.3) is 0 Å². The molecule has 1 aliphatic rings. The summed E-state index contributed by atoms with van der Waals surface area (Å²) in [5.74, 6) is 0.677. The van der Waals surface area contributed by atoms with Gasteiger partial charge in [-0.15, -0.1) is 6.58 Å². The first-order valence-corrected chi connectivity index (χ1v) is 7.29. The fourth-order valence-corrected chi connectivity index (χ4v) is 2.39. The summed E-state index contributed by atoms with van der Waals surface area (Å²) in [6.45, 7) is 4.93. The van der Waals surface area contributed by atoms with Crippen LogP contribution in [0.15, 0.2) is 43.0 Å². The second-order valence-corrected chi connectivity index (χ2v) is 5.36. The Kier molecular flexibility index (Phi) is 5.47. The first-order chi connectivity index (χ1) is 8.90. The molecule has 0 aromatic heterocycles. The van der Waals surface area contributed by atoms with E-state index in [0.717, 1.165) is 19.0 Å². The smallest absolute Gasteiger partial charge is 0.00684 e. The molecular weight excluding hydrogens is 218 g/mol. The molecule has 2 rings (SSSR count). The third-order valence-corrected chi connectivity index (χ3v) is 3.71. The Morgan fingerprint density at radius 2 is 2.00 bits per heavy atom. The molecule has 1 N–H and O–H groups in total. The van der Waals surface area contributed by atoms with Crippen LogP contribution in [-0.4, -0.2) is 12.6 Å². The molecule has 0 spiro atoms. The van der Waals surface area contributed by atoms with Gasteiger partial charge in [-0.05, 0) is 43.6 Å². The minimum absolute atomic E-state index is 0.677. The van der Waals surface area contributed by atoms with E-state index >= 15 is 0 Å². The Morgan fingerprint density at radius 1 is 1.22 bits per heavy atom. The van der Waals surface area contributed by atoms with Crippen LogP contribution in [0.25, 0.3) is 0 Å². The van der Waals surface area contributed by atoms with E-state index in [4.69, 9.17) is 0 Å². The van der Waals surface area contributed by atoms with Gasteiger partial charge in [0.2, 0.25) is 0 Å². The number of benzene rings is 1. The molecule has 1 fully saturated rings. The summed E-state index contributed by atoms with van der Waals surface area (Å²) >= 11 is 0. The number of hydrogen-bond acceptors (Lipinski definition) is 1. The molecule has 1 aromatic carbocycles. The molecule has 18 heavy (non-hydrogen) atoms. The molecule has 1 atom stereocenters. The van der Waals surface area contributed by atoms with Gasteiger partial charge < -0.3 is 5.32 Å². The van der Waals surface area contributed by atoms with E-state index in [1.54, 1.807) is 0 Å². The molecule has 98 valence electrons. The van der Waals surface area contributed by atoms with Gasteiger partial charge in [-0.3, -0.25) is 0 Å². The molecule has 1 aliphatic carbocycles. The molecule has 1 aromatic rings. The van der Waals surface area contributed by atoms with Crippen LogP contribution in [0.1, 0.15) is 50.0 Å². The van der Waals surface area contributed by atoms with Gasteiger partial charge >= 0.3 is 0 Å². The number of rotatable bonds is 9.